The summed E-state index contributed by atoms with van der Waals surface area (Å²) in [7, 11) is 1.77. The Labute approximate surface area is 91.8 Å². The van der Waals surface area contributed by atoms with Crippen molar-refractivity contribution in [2.75, 3.05) is 20.2 Å². The number of methoxy groups -OCH3 is 1. The summed E-state index contributed by atoms with van der Waals surface area (Å²) in [6.45, 7) is 2.03. The number of hydrogen-bond donors (Lipinski definition) is 0. The highest BCUT2D eigenvalue weighted by molar-refractivity contribution is 5.84. The highest BCUT2D eigenvalue weighted by Crippen LogP contribution is 2.23. The number of piperidine rings is 1. The number of carbonyl (C=O) groups is 1. The van der Waals surface area contributed by atoms with Crippen molar-refractivity contribution >= 4 is 5.78 Å². The molecule has 0 spiro atoms. The van der Waals surface area contributed by atoms with Crippen LogP contribution in [0.15, 0.2) is 0 Å². The molecule has 0 aromatic rings. The zero-order valence-corrected chi connectivity index (χ0v) is 9.58. The number of ether oxygens (including phenoxy) is 1. The van der Waals surface area contributed by atoms with Crippen LogP contribution in [0.4, 0.5) is 0 Å². The van der Waals surface area contributed by atoms with Gasteiger partial charge < -0.3 is 4.74 Å². The molecule has 0 bridgehead atoms. The predicted octanol–water partition coefficient (Wildman–Crippen LogP) is 1.61. The molecule has 0 radical (unpaired) electrons. The van der Waals surface area contributed by atoms with Crippen LogP contribution in [0.3, 0.4) is 0 Å². The number of rotatable bonds is 2. The van der Waals surface area contributed by atoms with E-state index < -0.39 is 0 Å². The van der Waals surface area contributed by atoms with Gasteiger partial charge in [-0.2, -0.15) is 0 Å². The van der Waals surface area contributed by atoms with Crippen molar-refractivity contribution in [3.05, 3.63) is 0 Å². The predicted molar refractivity (Wildman–Crippen MR) is 58.9 cm³/mol. The Balaban J connectivity index is 1.93. The molecular formula is C12H21NO2. The van der Waals surface area contributed by atoms with Gasteiger partial charge in [-0.15, -0.1) is 0 Å². The fourth-order valence-electron chi connectivity index (χ4n) is 2.79. The van der Waals surface area contributed by atoms with Crippen LogP contribution in [0.25, 0.3) is 0 Å². The van der Waals surface area contributed by atoms with E-state index >= 15 is 0 Å². The maximum atomic E-state index is 11.8. The average Bonchev–Trinajstić information content (AvgIpc) is 2.30. The van der Waals surface area contributed by atoms with Gasteiger partial charge in [-0.3, -0.25) is 9.69 Å². The van der Waals surface area contributed by atoms with Crippen LogP contribution in [0.1, 0.15) is 38.5 Å². The molecule has 1 saturated heterocycles. The van der Waals surface area contributed by atoms with Gasteiger partial charge in [-0.25, -0.2) is 0 Å². The SMILES string of the molecule is COC1CCCN(C2CCCCC2=O)C1. The molecule has 2 atom stereocenters. The van der Waals surface area contributed by atoms with Gasteiger partial charge in [0, 0.05) is 20.1 Å². The molecule has 2 unspecified atom stereocenters. The Bertz CT molecular complexity index is 230. The Morgan fingerprint density at radius 1 is 1.27 bits per heavy atom. The molecule has 1 aliphatic heterocycles. The second-order valence-corrected chi connectivity index (χ2v) is 4.72. The summed E-state index contributed by atoms with van der Waals surface area (Å²) in [6.07, 6.45) is 6.82. The zero-order valence-electron chi connectivity index (χ0n) is 9.58. The first-order valence-electron chi connectivity index (χ1n) is 6.11. The van der Waals surface area contributed by atoms with Crippen LogP contribution in [-0.4, -0.2) is 43.0 Å². The molecule has 1 saturated carbocycles. The number of nitrogens with zero attached hydrogens (tertiary/aromatic N) is 1. The van der Waals surface area contributed by atoms with Gasteiger partial charge >= 0.3 is 0 Å². The van der Waals surface area contributed by atoms with Crippen molar-refractivity contribution in [1.29, 1.82) is 0 Å². The molecule has 15 heavy (non-hydrogen) atoms. The van der Waals surface area contributed by atoms with Crippen LogP contribution in [0.2, 0.25) is 0 Å². The lowest BCUT2D eigenvalue weighted by Crippen LogP contribution is -2.49. The van der Waals surface area contributed by atoms with Gasteiger partial charge in [0.25, 0.3) is 0 Å². The van der Waals surface area contributed by atoms with E-state index in [-0.39, 0.29) is 6.04 Å². The first-order valence-corrected chi connectivity index (χ1v) is 6.11. The first kappa shape index (κ1) is 11.1. The van der Waals surface area contributed by atoms with E-state index in [0.717, 1.165) is 38.8 Å². The van der Waals surface area contributed by atoms with Crippen molar-refractivity contribution in [3.8, 4) is 0 Å². The first-order chi connectivity index (χ1) is 7.31. The second kappa shape index (κ2) is 5.08. The third-order valence-electron chi connectivity index (χ3n) is 3.71. The highest BCUT2D eigenvalue weighted by Gasteiger charge is 2.31. The van der Waals surface area contributed by atoms with Crippen molar-refractivity contribution in [3.63, 3.8) is 0 Å². The number of likely N-dealkylation sites (tertiary alicyclic amines) is 1. The second-order valence-electron chi connectivity index (χ2n) is 4.72. The normalized spacial score (nSPS) is 34.3. The topological polar surface area (TPSA) is 29.5 Å². The average molecular weight is 211 g/mol. The van der Waals surface area contributed by atoms with E-state index in [1.165, 1.54) is 12.8 Å². The molecular weight excluding hydrogens is 190 g/mol. The smallest absolute Gasteiger partial charge is 0.149 e. The Hall–Kier alpha value is -0.410. The monoisotopic (exact) mass is 211 g/mol. The minimum atomic E-state index is 0.205. The molecule has 0 aromatic heterocycles. The molecule has 1 aliphatic carbocycles. The maximum Gasteiger partial charge on any atom is 0.149 e. The number of ketones is 1. The molecule has 2 rings (SSSR count). The summed E-state index contributed by atoms with van der Waals surface area (Å²) in [4.78, 5) is 14.2. The Morgan fingerprint density at radius 3 is 2.87 bits per heavy atom. The van der Waals surface area contributed by atoms with Gasteiger partial charge in [0.15, 0.2) is 0 Å². The minimum absolute atomic E-state index is 0.205. The van der Waals surface area contributed by atoms with E-state index in [1.54, 1.807) is 7.11 Å². The van der Waals surface area contributed by atoms with Gasteiger partial charge in [-0.1, -0.05) is 6.42 Å². The molecule has 86 valence electrons. The zero-order chi connectivity index (χ0) is 10.7. The summed E-state index contributed by atoms with van der Waals surface area (Å²) in [5, 5.41) is 0. The molecule has 3 heteroatoms. The molecule has 0 amide bonds. The number of Topliss-reactive ketones (excluding diaryl/α,β-unsaturated/α-hetero) is 1. The largest absolute Gasteiger partial charge is 0.380 e. The van der Waals surface area contributed by atoms with E-state index in [4.69, 9.17) is 4.74 Å². The Morgan fingerprint density at radius 2 is 2.13 bits per heavy atom. The van der Waals surface area contributed by atoms with Crippen molar-refractivity contribution in [2.24, 2.45) is 0 Å². The molecule has 0 aromatic carbocycles. The lowest BCUT2D eigenvalue weighted by atomic mass is 9.91. The lowest BCUT2D eigenvalue weighted by molar-refractivity contribution is -0.127. The molecule has 3 nitrogen and oxygen atoms in total. The number of carbonyl (C=O) groups excluding carboxylic acids is 1. The van der Waals surface area contributed by atoms with Crippen molar-refractivity contribution in [1.82, 2.24) is 4.90 Å². The van der Waals surface area contributed by atoms with E-state index in [9.17, 15) is 4.79 Å². The fraction of sp³-hybridized carbons (Fsp3) is 0.917. The van der Waals surface area contributed by atoms with Crippen LogP contribution in [0.5, 0.6) is 0 Å². The van der Waals surface area contributed by atoms with Gasteiger partial charge in [0.1, 0.15) is 5.78 Å². The quantitative estimate of drug-likeness (QED) is 0.695. The highest BCUT2D eigenvalue weighted by atomic mass is 16.5. The van der Waals surface area contributed by atoms with Gasteiger partial charge in [-0.05, 0) is 32.2 Å². The van der Waals surface area contributed by atoms with Crippen LogP contribution >= 0.6 is 0 Å². The lowest BCUT2D eigenvalue weighted by Gasteiger charge is -2.38. The fourth-order valence-corrected chi connectivity index (χ4v) is 2.79. The molecule has 2 fully saturated rings. The molecule has 1 heterocycles. The standard InChI is InChI=1S/C12H21NO2/c1-15-10-5-4-8-13(9-10)11-6-2-3-7-12(11)14/h10-11H,2-9H2,1H3. The van der Waals surface area contributed by atoms with E-state index in [0.29, 0.717) is 11.9 Å². The van der Waals surface area contributed by atoms with E-state index in [2.05, 4.69) is 4.90 Å². The van der Waals surface area contributed by atoms with E-state index in [1.807, 2.05) is 0 Å². The van der Waals surface area contributed by atoms with Crippen LogP contribution in [0, 0.1) is 0 Å². The summed E-state index contributed by atoms with van der Waals surface area (Å²) in [5.74, 6) is 0.456. The van der Waals surface area contributed by atoms with Crippen molar-refractivity contribution in [2.45, 2.75) is 50.7 Å². The third-order valence-corrected chi connectivity index (χ3v) is 3.71. The van der Waals surface area contributed by atoms with Crippen LogP contribution < -0.4 is 0 Å². The third kappa shape index (κ3) is 2.58. The van der Waals surface area contributed by atoms with Crippen molar-refractivity contribution < 1.29 is 9.53 Å². The molecule has 2 aliphatic rings. The molecule has 0 N–H and O–H groups in total. The number of hydrogen-bond acceptors (Lipinski definition) is 3. The van der Waals surface area contributed by atoms with Crippen LogP contribution in [-0.2, 0) is 9.53 Å². The maximum absolute atomic E-state index is 11.8. The van der Waals surface area contributed by atoms with Gasteiger partial charge in [0.2, 0.25) is 0 Å². The summed E-state index contributed by atoms with van der Waals surface area (Å²) < 4.78 is 5.39. The summed E-state index contributed by atoms with van der Waals surface area (Å²) >= 11 is 0. The van der Waals surface area contributed by atoms with Gasteiger partial charge in [0.05, 0.1) is 12.1 Å². The summed E-state index contributed by atoms with van der Waals surface area (Å²) in [6, 6.07) is 0.205. The summed E-state index contributed by atoms with van der Waals surface area (Å²) in [5.41, 5.74) is 0. The Kier molecular flexibility index (Phi) is 3.76. The minimum Gasteiger partial charge on any atom is -0.380 e.